The number of nitriles is 1. The molecular weight excluding hydrogens is 216 g/mol. The Morgan fingerprint density at radius 1 is 1.47 bits per heavy atom. The number of amides is 1. The van der Waals surface area contributed by atoms with Crippen molar-refractivity contribution in [1.29, 1.82) is 5.26 Å². The van der Waals surface area contributed by atoms with Crippen molar-refractivity contribution in [3.05, 3.63) is 29.8 Å². The van der Waals surface area contributed by atoms with Crippen molar-refractivity contribution >= 4 is 11.6 Å². The molecule has 1 rings (SSSR count). The maximum absolute atomic E-state index is 11.8. The highest BCUT2D eigenvalue weighted by atomic mass is 16.5. The number of ether oxygens (including phenoxy) is 1. The molecule has 0 atom stereocenters. The SMILES string of the molecule is CCCOCC(=O)N(C)c1ccccc1C#N. The summed E-state index contributed by atoms with van der Waals surface area (Å²) in [6.07, 6.45) is 0.881. The molecule has 0 aliphatic rings. The summed E-state index contributed by atoms with van der Waals surface area (Å²) in [6.45, 7) is 2.60. The maximum Gasteiger partial charge on any atom is 0.252 e. The minimum absolute atomic E-state index is 0.0457. The fourth-order valence-electron chi connectivity index (χ4n) is 1.40. The third kappa shape index (κ3) is 3.58. The Morgan fingerprint density at radius 3 is 2.82 bits per heavy atom. The molecule has 90 valence electrons. The Bertz CT molecular complexity index is 424. The number of para-hydroxylation sites is 1. The number of nitrogens with zero attached hydrogens (tertiary/aromatic N) is 2. The van der Waals surface area contributed by atoms with Crippen LogP contribution in [0.15, 0.2) is 24.3 Å². The summed E-state index contributed by atoms with van der Waals surface area (Å²) >= 11 is 0. The predicted octanol–water partition coefficient (Wildman–Crippen LogP) is 1.95. The van der Waals surface area contributed by atoms with Crippen molar-refractivity contribution in [2.75, 3.05) is 25.2 Å². The lowest BCUT2D eigenvalue weighted by molar-refractivity contribution is -0.122. The molecule has 4 heteroatoms. The fraction of sp³-hybridized carbons (Fsp3) is 0.385. The molecule has 17 heavy (non-hydrogen) atoms. The van der Waals surface area contributed by atoms with Gasteiger partial charge in [0.05, 0.1) is 11.3 Å². The van der Waals surface area contributed by atoms with Crippen molar-refractivity contribution in [3.8, 4) is 6.07 Å². The van der Waals surface area contributed by atoms with Gasteiger partial charge in [0.2, 0.25) is 0 Å². The molecular formula is C13H16N2O2. The lowest BCUT2D eigenvalue weighted by atomic mass is 10.2. The van der Waals surface area contributed by atoms with Crippen LogP contribution in [-0.2, 0) is 9.53 Å². The Morgan fingerprint density at radius 2 is 2.18 bits per heavy atom. The highest BCUT2D eigenvalue weighted by Crippen LogP contribution is 2.18. The van der Waals surface area contributed by atoms with Gasteiger partial charge in [-0.1, -0.05) is 19.1 Å². The molecule has 0 fully saturated rings. The molecule has 0 radical (unpaired) electrons. The number of hydrogen-bond acceptors (Lipinski definition) is 3. The van der Waals surface area contributed by atoms with Gasteiger partial charge in [-0.15, -0.1) is 0 Å². The van der Waals surface area contributed by atoms with Gasteiger partial charge in [-0.25, -0.2) is 0 Å². The van der Waals surface area contributed by atoms with Crippen molar-refractivity contribution in [3.63, 3.8) is 0 Å². The van der Waals surface area contributed by atoms with Crippen molar-refractivity contribution in [2.24, 2.45) is 0 Å². The zero-order valence-corrected chi connectivity index (χ0v) is 10.1. The van der Waals surface area contributed by atoms with Gasteiger partial charge in [0.15, 0.2) is 0 Å². The average molecular weight is 232 g/mol. The first-order chi connectivity index (χ1) is 8.20. The van der Waals surface area contributed by atoms with Gasteiger partial charge >= 0.3 is 0 Å². The highest BCUT2D eigenvalue weighted by molar-refractivity contribution is 5.94. The molecule has 1 amide bonds. The second kappa shape index (κ2) is 6.66. The summed E-state index contributed by atoms with van der Waals surface area (Å²) in [5, 5.41) is 8.94. The van der Waals surface area contributed by atoms with Crippen LogP contribution in [0.4, 0.5) is 5.69 Å². The van der Waals surface area contributed by atoms with E-state index in [-0.39, 0.29) is 12.5 Å². The van der Waals surface area contributed by atoms with E-state index in [1.165, 1.54) is 4.90 Å². The number of benzene rings is 1. The largest absolute Gasteiger partial charge is 0.372 e. The van der Waals surface area contributed by atoms with E-state index in [9.17, 15) is 4.79 Å². The third-order valence-corrected chi connectivity index (χ3v) is 2.33. The van der Waals surface area contributed by atoms with Gasteiger partial charge < -0.3 is 9.64 Å². The third-order valence-electron chi connectivity index (χ3n) is 2.33. The molecule has 1 aromatic carbocycles. The van der Waals surface area contributed by atoms with Gasteiger partial charge in [0.25, 0.3) is 5.91 Å². The van der Waals surface area contributed by atoms with E-state index in [0.717, 1.165) is 6.42 Å². The van der Waals surface area contributed by atoms with Gasteiger partial charge in [-0.05, 0) is 18.6 Å². The van der Waals surface area contributed by atoms with E-state index in [2.05, 4.69) is 6.07 Å². The standard InChI is InChI=1S/C13H16N2O2/c1-3-8-17-10-13(16)15(2)12-7-5-4-6-11(12)9-14/h4-7H,3,8,10H2,1-2H3. The number of hydrogen-bond donors (Lipinski definition) is 0. The van der Waals surface area contributed by atoms with Crippen LogP contribution in [0.3, 0.4) is 0 Å². The minimum atomic E-state index is -0.152. The summed E-state index contributed by atoms with van der Waals surface area (Å²) in [4.78, 5) is 13.2. The summed E-state index contributed by atoms with van der Waals surface area (Å²) in [5.74, 6) is -0.152. The van der Waals surface area contributed by atoms with Crippen LogP contribution < -0.4 is 4.90 Å². The van der Waals surface area contributed by atoms with Gasteiger partial charge in [-0.2, -0.15) is 5.26 Å². The number of carbonyl (C=O) groups excluding carboxylic acids is 1. The molecule has 1 aromatic rings. The Hall–Kier alpha value is -1.86. The molecule has 0 spiro atoms. The van der Waals surface area contributed by atoms with E-state index in [0.29, 0.717) is 17.9 Å². The second-order valence-electron chi connectivity index (χ2n) is 3.63. The van der Waals surface area contributed by atoms with E-state index in [1.54, 1.807) is 31.3 Å². The molecule has 4 nitrogen and oxygen atoms in total. The van der Waals surface area contributed by atoms with Crippen LogP contribution in [0.2, 0.25) is 0 Å². The van der Waals surface area contributed by atoms with Crippen LogP contribution in [0, 0.1) is 11.3 Å². The van der Waals surface area contributed by atoms with Crippen LogP contribution in [-0.4, -0.2) is 26.2 Å². The zero-order chi connectivity index (χ0) is 12.7. The summed E-state index contributed by atoms with van der Waals surface area (Å²) in [5.41, 5.74) is 1.10. The van der Waals surface area contributed by atoms with Gasteiger partial charge in [0, 0.05) is 13.7 Å². The molecule has 0 aliphatic carbocycles. The molecule has 0 aromatic heterocycles. The van der Waals surface area contributed by atoms with Crippen molar-refractivity contribution in [1.82, 2.24) is 0 Å². The monoisotopic (exact) mass is 232 g/mol. The Kier molecular flexibility index (Phi) is 5.18. The zero-order valence-electron chi connectivity index (χ0n) is 10.1. The quantitative estimate of drug-likeness (QED) is 0.729. The lowest BCUT2D eigenvalue weighted by Gasteiger charge is -2.18. The molecule has 0 aliphatic heterocycles. The Balaban J connectivity index is 2.72. The first-order valence-corrected chi connectivity index (χ1v) is 5.54. The first kappa shape index (κ1) is 13.2. The molecule has 0 unspecified atom stereocenters. The van der Waals surface area contributed by atoms with E-state index < -0.39 is 0 Å². The maximum atomic E-state index is 11.8. The fourth-order valence-corrected chi connectivity index (χ4v) is 1.40. The molecule has 0 saturated carbocycles. The van der Waals surface area contributed by atoms with E-state index >= 15 is 0 Å². The summed E-state index contributed by atoms with van der Waals surface area (Å²) in [6, 6.07) is 9.07. The highest BCUT2D eigenvalue weighted by Gasteiger charge is 2.13. The van der Waals surface area contributed by atoms with Crippen LogP contribution in [0.5, 0.6) is 0 Å². The minimum Gasteiger partial charge on any atom is -0.372 e. The second-order valence-corrected chi connectivity index (χ2v) is 3.63. The van der Waals surface area contributed by atoms with Gasteiger partial charge in [-0.3, -0.25) is 4.79 Å². The van der Waals surface area contributed by atoms with Crippen LogP contribution >= 0.6 is 0 Å². The number of anilines is 1. The van der Waals surface area contributed by atoms with E-state index in [4.69, 9.17) is 10.00 Å². The molecule has 0 heterocycles. The molecule has 0 bridgehead atoms. The first-order valence-electron chi connectivity index (χ1n) is 5.54. The number of likely N-dealkylation sites (N-methyl/N-ethyl adjacent to an activating group) is 1. The molecule has 0 N–H and O–H groups in total. The number of carbonyl (C=O) groups is 1. The van der Waals surface area contributed by atoms with Crippen molar-refractivity contribution in [2.45, 2.75) is 13.3 Å². The smallest absolute Gasteiger partial charge is 0.252 e. The van der Waals surface area contributed by atoms with Crippen LogP contribution in [0.25, 0.3) is 0 Å². The Labute approximate surface area is 101 Å². The van der Waals surface area contributed by atoms with E-state index in [1.807, 2.05) is 6.92 Å². The summed E-state index contributed by atoms with van der Waals surface area (Å²) in [7, 11) is 1.65. The lowest BCUT2D eigenvalue weighted by Crippen LogP contribution is -2.30. The topological polar surface area (TPSA) is 53.3 Å². The average Bonchev–Trinajstić information content (AvgIpc) is 2.38. The van der Waals surface area contributed by atoms with Gasteiger partial charge in [0.1, 0.15) is 12.7 Å². The molecule has 0 saturated heterocycles. The normalized spacial score (nSPS) is 9.71. The van der Waals surface area contributed by atoms with Crippen LogP contribution in [0.1, 0.15) is 18.9 Å². The van der Waals surface area contributed by atoms with Crippen molar-refractivity contribution < 1.29 is 9.53 Å². The number of rotatable bonds is 5. The predicted molar refractivity (Wildman–Crippen MR) is 65.7 cm³/mol. The summed E-state index contributed by atoms with van der Waals surface area (Å²) < 4.78 is 5.19.